The average Bonchev–Trinajstić information content (AvgIpc) is 1.37. The van der Waals surface area contributed by atoms with Crippen LogP contribution in [0.4, 0.5) is 4.39 Å². The van der Waals surface area contributed by atoms with Gasteiger partial charge in [0.25, 0.3) is 0 Å². The fraction of sp³-hybridized carbons (Fsp3) is 1.00. The predicted molar refractivity (Wildman–Crippen MR) is 12.4 cm³/mol. The van der Waals surface area contributed by atoms with Gasteiger partial charge in [-0.15, -0.1) is 0 Å². The molecule has 22 valence electrons. The molecule has 0 spiro atoms. The molecule has 0 aliphatic carbocycles. The molecule has 0 aromatic rings. The Morgan fingerprint density at radius 1 is 2.00 bits per heavy atom. The summed E-state index contributed by atoms with van der Waals surface area (Å²) in [5, 5.41) is 0. The molecule has 0 aromatic heterocycles. The van der Waals surface area contributed by atoms with E-state index in [-0.39, 0.29) is 7.15 Å². The third kappa shape index (κ3) is 1.79. The van der Waals surface area contributed by atoms with Crippen LogP contribution in [0, 0.1) is 0 Å². The second kappa shape index (κ2) is 2.79. The zero-order chi connectivity index (χ0) is 3.41. The van der Waals surface area contributed by atoms with Gasteiger partial charge in [0, 0.05) is 0 Å². The van der Waals surface area contributed by atoms with Crippen LogP contribution in [-0.2, 0) is 4.70 Å². The molecule has 0 radical (unpaired) electrons. The van der Waals surface area contributed by atoms with Crippen molar-refractivity contribution in [2.24, 2.45) is 0 Å². The first-order chi connectivity index (χ1) is 1.91. The van der Waals surface area contributed by atoms with Crippen LogP contribution in [0.1, 0.15) is 0 Å². The second-order valence-corrected chi connectivity index (χ2v) is 0.321. The summed E-state index contributed by atoms with van der Waals surface area (Å²) in [6, 6.07) is 0. The first kappa shape index (κ1) is 3.79. The van der Waals surface area contributed by atoms with Crippen LogP contribution in [0.2, 0.25) is 0 Å². The van der Waals surface area contributed by atoms with Gasteiger partial charge in [0.2, 0.25) is 0 Å². The molecule has 0 aliphatic rings. The van der Waals surface area contributed by atoms with Gasteiger partial charge in [-0.2, -0.15) is 0 Å². The first-order valence-electron chi connectivity index (χ1n) is 0.911. The summed E-state index contributed by atoms with van der Waals surface area (Å²) in [6.45, 7) is -0.861. The fourth-order valence-electron chi connectivity index (χ4n) is 0. The van der Waals surface area contributed by atoms with Gasteiger partial charge < -0.3 is 0 Å². The Bertz CT molecular complexity index is 22.0. The summed E-state index contributed by atoms with van der Waals surface area (Å²) in [4.78, 5) is 0. The number of halogens is 1. The van der Waals surface area contributed by atoms with Crippen molar-refractivity contribution in [1.29, 1.82) is 0 Å². The zero-order valence-corrected chi connectivity index (χ0v) is 2.07. The van der Waals surface area contributed by atoms with E-state index in [1.807, 2.05) is 0 Å². The van der Waals surface area contributed by atoms with Crippen molar-refractivity contribution in [2.45, 2.75) is 0 Å². The molecular formula is CH2BFO. The number of hydrogen-bond donors (Lipinski definition) is 0. The van der Waals surface area contributed by atoms with E-state index in [9.17, 15) is 4.39 Å². The third-order valence-electron chi connectivity index (χ3n) is 0.0630. The summed E-state index contributed by atoms with van der Waals surface area (Å²) in [5.41, 5.74) is 0. The van der Waals surface area contributed by atoms with E-state index >= 15 is 0 Å². The van der Waals surface area contributed by atoms with E-state index in [4.69, 9.17) is 4.70 Å². The molecule has 4 heavy (non-hydrogen) atoms. The Hall–Kier alpha value is -0.205. The van der Waals surface area contributed by atoms with Crippen LogP contribution in [0.5, 0.6) is 0 Å². The molecule has 0 atom stereocenters. The Labute approximate surface area is 24.1 Å². The van der Waals surface area contributed by atoms with Crippen molar-refractivity contribution >= 4 is 7.15 Å². The van der Waals surface area contributed by atoms with E-state index in [2.05, 4.69) is 0 Å². The van der Waals surface area contributed by atoms with Crippen molar-refractivity contribution in [3.8, 4) is 0 Å². The topological polar surface area (TPSA) is 17.1 Å². The van der Waals surface area contributed by atoms with Crippen LogP contribution in [0.15, 0.2) is 0 Å². The van der Waals surface area contributed by atoms with Crippen LogP contribution in [0.3, 0.4) is 0 Å². The molecule has 0 aliphatic heterocycles. The number of alkyl halides is 1. The van der Waals surface area contributed by atoms with Crippen molar-refractivity contribution in [3.63, 3.8) is 0 Å². The Balaban J connectivity index is 2.30. The van der Waals surface area contributed by atoms with Crippen LogP contribution in [-0.4, -0.2) is 13.7 Å². The summed E-state index contributed by atoms with van der Waals surface area (Å²) in [7, 11) is 0.208. The molecule has 0 N–H and O–H groups in total. The van der Waals surface area contributed by atoms with Crippen molar-refractivity contribution < 1.29 is 9.10 Å². The van der Waals surface area contributed by atoms with E-state index in [0.717, 1.165) is 0 Å². The molecule has 0 saturated carbocycles. The SMILES string of the molecule is O=BCF. The molecule has 0 fully saturated rings. The van der Waals surface area contributed by atoms with Gasteiger partial charge in [-0.05, 0) is 0 Å². The van der Waals surface area contributed by atoms with E-state index in [0.29, 0.717) is 0 Å². The van der Waals surface area contributed by atoms with Gasteiger partial charge in [-0.3, -0.25) is 0 Å². The molecule has 0 unspecified atom stereocenters. The van der Waals surface area contributed by atoms with E-state index < -0.39 is 6.57 Å². The number of rotatable bonds is 1. The molecule has 0 aromatic carbocycles. The standard InChI is InChI=1S/CH2BFO/c3-1-2-4/h1H2. The zero-order valence-electron chi connectivity index (χ0n) is 2.07. The summed E-state index contributed by atoms with van der Waals surface area (Å²) < 4.78 is 19.2. The molecule has 0 bridgehead atoms. The van der Waals surface area contributed by atoms with Crippen molar-refractivity contribution in [1.82, 2.24) is 0 Å². The second-order valence-electron chi connectivity index (χ2n) is 0.321. The maximum atomic E-state index is 10.4. The summed E-state index contributed by atoms with van der Waals surface area (Å²) in [6.07, 6.45) is 0. The van der Waals surface area contributed by atoms with Crippen molar-refractivity contribution in [2.75, 3.05) is 6.57 Å². The molecule has 0 amide bonds. The summed E-state index contributed by atoms with van der Waals surface area (Å²) in [5.74, 6) is 0. The Kier molecular flexibility index (Phi) is 2.65. The van der Waals surface area contributed by atoms with Gasteiger partial charge in [0.15, 0.2) is 0 Å². The quantitative estimate of drug-likeness (QED) is 0.388. The summed E-state index contributed by atoms with van der Waals surface area (Å²) >= 11 is 0. The molecule has 0 rings (SSSR count). The minimum absolute atomic E-state index is 0.208. The molecule has 3 heteroatoms. The van der Waals surface area contributed by atoms with Gasteiger partial charge in [-0.1, -0.05) is 0 Å². The minimum atomic E-state index is -0.861. The van der Waals surface area contributed by atoms with Gasteiger partial charge in [-0.25, -0.2) is 0 Å². The fourth-order valence-corrected chi connectivity index (χ4v) is 0. The number of hydrogen-bond acceptors (Lipinski definition) is 1. The molecule has 0 heterocycles. The van der Waals surface area contributed by atoms with E-state index in [1.54, 1.807) is 0 Å². The van der Waals surface area contributed by atoms with Crippen molar-refractivity contribution in [3.05, 3.63) is 0 Å². The van der Waals surface area contributed by atoms with Gasteiger partial charge >= 0.3 is 22.8 Å². The predicted octanol–water partition coefficient (Wildman–Crippen LogP) is -0.0369. The van der Waals surface area contributed by atoms with E-state index in [1.165, 1.54) is 0 Å². The Morgan fingerprint density at radius 2 is 2.25 bits per heavy atom. The maximum absolute atomic E-state index is 10.4. The normalized spacial score (nSPS) is 5.25. The van der Waals surface area contributed by atoms with Crippen LogP contribution >= 0.6 is 0 Å². The first-order valence-corrected chi connectivity index (χ1v) is 0.911. The van der Waals surface area contributed by atoms with Gasteiger partial charge in [0.05, 0.1) is 0 Å². The molecule has 1 nitrogen and oxygen atoms in total. The molecule has 0 saturated heterocycles. The molecular weight excluding hydrogens is 57.8 g/mol. The van der Waals surface area contributed by atoms with Gasteiger partial charge in [0.1, 0.15) is 0 Å². The third-order valence-corrected chi connectivity index (χ3v) is 0.0630. The van der Waals surface area contributed by atoms with Crippen LogP contribution < -0.4 is 0 Å². The van der Waals surface area contributed by atoms with Crippen LogP contribution in [0.25, 0.3) is 0 Å². The average molecular weight is 59.8 g/mol. The monoisotopic (exact) mass is 60.0 g/mol. The Morgan fingerprint density at radius 3 is 2.25 bits per heavy atom.